The molecule has 0 aromatic heterocycles. The quantitative estimate of drug-likeness (QED) is 0.687. The number of aliphatic hydroxyl groups excluding tert-OH is 1. The molecule has 0 heterocycles. The van der Waals surface area contributed by atoms with Gasteiger partial charge in [0.05, 0.1) is 6.61 Å². The number of aliphatic carboxylic acids is 2. The topological polar surface area (TPSA) is 104 Å². The predicted molar refractivity (Wildman–Crippen MR) is 66.2 cm³/mol. The van der Waals surface area contributed by atoms with Crippen LogP contribution in [0.15, 0.2) is 18.2 Å². The van der Waals surface area contributed by atoms with Crippen LogP contribution in [0.3, 0.4) is 0 Å². The number of hydrogen-bond donors (Lipinski definition) is 3. The van der Waals surface area contributed by atoms with Crippen molar-refractivity contribution in [2.24, 2.45) is 0 Å². The van der Waals surface area contributed by atoms with Crippen LogP contribution in [0, 0.1) is 0 Å². The Morgan fingerprint density at radius 1 is 1.32 bits per heavy atom. The second-order valence-electron chi connectivity index (χ2n) is 3.89. The van der Waals surface area contributed by atoms with Crippen molar-refractivity contribution in [3.63, 3.8) is 0 Å². The smallest absolute Gasteiger partial charge is 0.337 e. The van der Waals surface area contributed by atoms with Gasteiger partial charge in [-0.25, -0.2) is 4.79 Å². The number of rotatable bonds is 7. The lowest BCUT2D eigenvalue weighted by atomic mass is 9.97. The van der Waals surface area contributed by atoms with Crippen molar-refractivity contribution in [3.05, 3.63) is 29.3 Å². The van der Waals surface area contributed by atoms with E-state index in [2.05, 4.69) is 0 Å². The molecule has 6 heteroatoms. The molecule has 0 saturated carbocycles. The van der Waals surface area contributed by atoms with Crippen LogP contribution in [0.2, 0.25) is 0 Å². The van der Waals surface area contributed by atoms with E-state index in [1.807, 2.05) is 0 Å². The van der Waals surface area contributed by atoms with Gasteiger partial charge in [0.15, 0.2) is 6.10 Å². The van der Waals surface area contributed by atoms with Crippen LogP contribution in [0.1, 0.15) is 30.6 Å². The van der Waals surface area contributed by atoms with Crippen molar-refractivity contribution in [1.82, 2.24) is 0 Å². The molecule has 1 aromatic carbocycles. The van der Waals surface area contributed by atoms with Crippen molar-refractivity contribution in [1.29, 1.82) is 0 Å². The summed E-state index contributed by atoms with van der Waals surface area (Å²) in [5.41, 5.74) is 0.585. The third kappa shape index (κ3) is 3.96. The maximum absolute atomic E-state index is 10.9. The van der Waals surface area contributed by atoms with E-state index in [-0.39, 0.29) is 18.4 Å². The second kappa shape index (κ2) is 6.75. The van der Waals surface area contributed by atoms with Crippen molar-refractivity contribution < 1.29 is 29.6 Å². The number of hydrogen-bond acceptors (Lipinski definition) is 4. The molecule has 6 nitrogen and oxygen atoms in total. The molecule has 1 unspecified atom stereocenters. The fraction of sp³-hybridized carbons (Fsp3) is 0.385. The van der Waals surface area contributed by atoms with E-state index in [1.54, 1.807) is 19.1 Å². The van der Waals surface area contributed by atoms with Crippen molar-refractivity contribution in [2.75, 3.05) is 6.61 Å². The largest absolute Gasteiger partial charge is 0.494 e. The molecule has 0 aliphatic rings. The lowest BCUT2D eigenvalue weighted by molar-refractivity contribution is -0.147. The van der Waals surface area contributed by atoms with Gasteiger partial charge in [-0.3, -0.25) is 4.79 Å². The molecule has 0 bridgehead atoms. The Balaban J connectivity index is 3.16. The first kappa shape index (κ1) is 15.0. The van der Waals surface area contributed by atoms with Gasteiger partial charge in [-0.05, 0) is 25.0 Å². The zero-order valence-electron chi connectivity index (χ0n) is 10.5. The Morgan fingerprint density at radius 3 is 2.53 bits per heavy atom. The normalized spacial score (nSPS) is 11.9. The predicted octanol–water partition coefficient (Wildman–Crippen LogP) is 1.22. The Morgan fingerprint density at radius 2 is 2.00 bits per heavy atom. The van der Waals surface area contributed by atoms with Crippen molar-refractivity contribution in [2.45, 2.75) is 25.9 Å². The highest BCUT2D eigenvalue weighted by Gasteiger charge is 2.22. The minimum atomic E-state index is -1.69. The molecular formula is C13H16O6. The van der Waals surface area contributed by atoms with Crippen LogP contribution in [-0.4, -0.2) is 33.9 Å². The van der Waals surface area contributed by atoms with Gasteiger partial charge in [-0.15, -0.1) is 0 Å². The van der Waals surface area contributed by atoms with Gasteiger partial charge in [0.1, 0.15) is 5.75 Å². The van der Waals surface area contributed by atoms with Gasteiger partial charge in [-0.1, -0.05) is 12.1 Å². The van der Waals surface area contributed by atoms with Gasteiger partial charge >= 0.3 is 11.9 Å². The van der Waals surface area contributed by atoms with Crippen LogP contribution in [0.5, 0.6) is 5.75 Å². The Labute approximate surface area is 110 Å². The average Bonchev–Trinajstić information content (AvgIpc) is 2.36. The average molecular weight is 268 g/mol. The van der Waals surface area contributed by atoms with E-state index in [4.69, 9.17) is 14.9 Å². The van der Waals surface area contributed by atoms with Gasteiger partial charge in [0.25, 0.3) is 0 Å². The number of aliphatic hydroxyl groups is 1. The van der Waals surface area contributed by atoms with E-state index < -0.39 is 18.0 Å². The van der Waals surface area contributed by atoms with Gasteiger partial charge in [0, 0.05) is 12.0 Å². The highest BCUT2D eigenvalue weighted by molar-refractivity contribution is 5.75. The van der Waals surface area contributed by atoms with Crippen LogP contribution < -0.4 is 4.74 Å². The summed E-state index contributed by atoms with van der Waals surface area (Å²) in [4.78, 5) is 21.5. The lowest BCUT2D eigenvalue weighted by Gasteiger charge is -2.16. The molecule has 0 saturated heterocycles. The summed E-state index contributed by atoms with van der Waals surface area (Å²) in [6.45, 7) is 2.13. The maximum atomic E-state index is 10.9. The number of benzene rings is 1. The molecule has 0 radical (unpaired) electrons. The molecule has 3 N–H and O–H groups in total. The Kier molecular flexibility index (Phi) is 5.32. The Hall–Kier alpha value is -2.08. The monoisotopic (exact) mass is 268 g/mol. The second-order valence-corrected chi connectivity index (χ2v) is 3.89. The SMILES string of the molecule is CCOc1cccc(C(O)C(=O)O)c1CCC(=O)O. The molecule has 0 amide bonds. The van der Waals surface area contributed by atoms with E-state index in [0.717, 1.165) is 0 Å². The highest BCUT2D eigenvalue weighted by Crippen LogP contribution is 2.28. The molecule has 0 fully saturated rings. The van der Waals surface area contributed by atoms with Crippen molar-refractivity contribution >= 4 is 11.9 Å². The van der Waals surface area contributed by atoms with Crippen LogP contribution >= 0.6 is 0 Å². The molecule has 1 aromatic rings. The van der Waals surface area contributed by atoms with Gasteiger partial charge < -0.3 is 20.1 Å². The summed E-state index contributed by atoms with van der Waals surface area (Å²) in [5.74, 6) is -1.98. The Bertz CT molecular complexity index is 468. The molecule has 1 atom stereocenters. The van der Waals surface area contributed by atoms with Crippen LogP contribution in [-0.2, 0) is 16.0 Å². The fourth-order valence-corrected chi connectivity index (χ4v) is 1.76. The van der Waals surface area contributed by atoms with Crippen molar-refractivity contribution in [3.8, 4) is 5.75 Å². The maximum Gasteiger partial charge on any atom is 0.337 e. The number of ether oxygens (including phenoxy) is 1. The lowest BCUT2D eigenvalue weighted by Crippen LogP contribution is -2.14. The first-order valence-electron chi connectivity index (χ1n) is 5.84. The zero-order chi connectivity index (χ0) is 14.4. The molecule has 104 valence electrons. The van der Waals surface area contributed by atoms with Crippen LogP contribution in [0.4, 0.5) is 0 Å². The first-order valence-corrected chi connectivity index (χ1v) is 5.84. The van der Waals surface area contributed by atoms with Gasteiger partial charge in [-0.2, -0.15) is 0 Å². The summed E-state index contributed by atoms with van der Waals surface area (Å²) in [6.07, 6.45) is -1.75. The number of carboxylic acids is 2. The summed E-state index contributed by atoms with van der Waals surface area (Å²) < 4.78 is 5.34. The zero-order valence-corrected chi connectivity index (χ0v) is 10.5. The van der Waals surface area contributed by atoms with Gasteiger partial charge in [0.2, 0.25) is 0 Å². The molecule has 0 aliphatic carbocycles. The third-order valence-corrected chi connectivity index (χ3v) is 2.59. The summed E-state index contributed by atoms with van der Waals surface area (Å²) in [7, 11) is 0. The molecular weight excluding hydrogens is 252 g/mol. The molecule has 19 heavy (non-hydrogen) atoms. The standard InChI is InChI=1S/C13H16O6/c1-2-19-10-5-3-4-9(12(16)13(17)18)8(10)6-7-11(14)15/h3-5,12,16H,2,6-7H2,1H3,(H,14,15)(H,17,18). The highest BCUT2D eigenvalue weighted by atomic mass is 16.5. The minimum absolute atomic E-state index is 0.102. The van der Waals surface area contributed by atoms with Crippen LogP contribution in [0.25, 0.3) is 0 Å². The molecule has 0 spiro atoms. The third-order valence-electron chi connectivity index (χ3n) is 2.59. The minimum Gasteiger partial charge on any atom is -0.494 e. The summed E-state index contributed by atoms with van der Waals surface area (Å²) in [6, 6.07) is 4.65. The van der Waals surface area contributed by atoms with E-state index in [0.29, 0.717) is 17.9 Å². The molecule has 1 rings (SSSR count). The summed E-state index contributed by atoms with van der Waals surface area (Å²) >= 11 is 0. The molecule has 0 aliphatic heterocycles. The first-order chi connectivity index (χ1) is 8.97. The van der Waals surface area contributed by atoms with E-state index >= 15 is 0 Å². The van der Waals surface area contributed by atoms with E-state index in [1.165, 1.54) is 6.07 Å². The number of carbonyl (C=O) groups is 2. The summed E-state index contributed by atoms with van der Waals surface area (Å²) in [5, 5.41) is 27.2. The fourth-order valence-electron chi connectivity index (χ4n) is 1.76. The van der Waals surface area contributed by atoms with E-state index in [9.17, 15) is 14.7 Å². The number of carboxylic acid groups (broad SMARTS) is 2.